The first-order valence-electron chi connectivity index (χ1n) is 6.98. The van der Waals surface area contributed by atoms with Gasteiger partial charge in [0.15, 0.2) is 6.61 Å². The van der Waals surface area contributed by atoms with Gasteiger partial charge in [-0.15, -0.1) is 0 Å². The molecule has 0 fully saturated rings. The van der Waals surface area contributed by atoms with Gasteiger partial charge in [-0.05, 0) is 42.8 Å². The summed E-state index contributed by atoms with van der Waals surface area (Å²) in [5.74, 6) is -2.82. The standard InChI is InChI=1S/C17H15F2NO4/c1-10-8-11(23-2)6-7-12(10)17(22)24-9-15(21)20-16-13(18)4-3-5-14(16)19/h3-8H,9H2,1-2H3,(H,20,21). The van der Waals surface area contributed by atoms with Crippen LogP contribution in [-0.2, 0) is 9.53 Å². The lowest BCUT2D eigenvalue weighted by Crippen LogP contribution is -2.22. The molecular formula is C17H15F2NO4. The predicted octanol–water partition coefficient (Wildman–Crippen LogP) is 3.08. The van der Waals surface area contributed by atoms with E-state index in [1.165, 1.54) is 19.2 Å². The van der Waals surface area contributed by atoms with Crippen molar-refractivity contribution in [1.82, 2.24) is 0 Å². The molecule has 7 heteroatoms. The third-order valence-corrected chi connectivity index (χ3v) is 3.22. The number of halogens is 2. The second-order valence-corrected chi connectivity index (χ2v) is 4.90. The number of hydrogen-bond acceptors (Lipinski definition) is 4. The first-order valence-corrected chi connectivity index (χ1v) is 6.98. The number of benzene rings is 2. The summed E-state index contributed by atoms with van der Waals surface area (Å²) >= 11 is 0. The van der Waals surface area contributed by atoms with E-state index in [-0.39, 0.29) is 5.56 Å². The fraction of sp³-hybridized carbons (Fsp3) is 0.176. The number of esters is 1. The molecule has 0 bridgehead atoms. The molecule has 0 spiro atoms. The van der Waals surface area contributed by atoms with Crippen molar-refractivity contribution in [1.29, 1.82) is 0 Å². The number of anilines is 1. The summed E-state index contributed by atoms with van der Waals surface area (Å²) in [6, 6.07) is 7.92. The first kappa shape index (κ1) is 17.4. The van der Waals surface area contributed by atoms with Gasteiger partial charge in [-0.3, -0.25) is 4.79 Å². The molecule has 2 aromatic carbocycles. The van der Waals surface area contributed by atoms with Gasteiger partial charge in [0, 0.05) is 0 Å². The molecule has 0 atom stereocenters. The fourth-order valence-corrected chi connectivity index (χ4v) is 1.99. The van der Waals surface area contributed by atoms with Crippen LogP contribution in [0, 0.1) is 18.6 Å². The third kappa shape index (κ3) is 4.07. The minimum absolute atomic E-state index is 0.265. The van der Waals surface area contributed by atoms with Gasteiger partial charge in [0.1, 0.15) is 23.1 Å². The van der Waals surface area contributed by atoms with Crippen molar-refractivity contribution in [3.05, 3.63) is 59.2 Å². The van der Waals surface area contributed by atoms with E-state index in [1.807, 2.05) is 5.32 Å². The SMILES string of the molecule is COc1ccc(C(=O)OCC(=O)Nc2c(F)cccc2F)c(C)c1. The molecule has 0 aliphatic heterocycles. The zero-order chi connectivity index (χ0) is 17.7. The maximum Gasteiger partial charge on any atom is 0.338 e. The molecule has 0 saturated carbocycles. The average Bonchev–Trinajstić information content (AvgIpc) is 2.56. The van der Waals surface area contributed by atoms with Crippen LogP contribution in [0.1, 0.15) is 15.9 Å². The quantitative estimate of drug-likeness (QED) is 0.853. The molecule has 0 aliphatic rings. The van der Waals surface area contributed by atoms with Gasteiger partial charge >= 0.3 is 5.97 Å². The average molecular weight is 335 g/mol. The maximum absolute atomic E-state index is 13.4. The molecule has 126 valence electrons. The molecule has 0 radical (unpaired) electrons. The Morgan fingerprint density at radius 1 is 1.12 bits per heavy atom. The molecule has 1 N–H and O–H groups in total. The number of ether oxygens (including phenoxy) is 2. The second kappa shape index (κ2) is 7.54. The summed E-state index contributed by atoms with van der Waals surface area (Å²) in [6.07, 6.45) is 0. The van der Waals surface area contributed by atoms with Gasteiger partial charge in [-0.2, -0.15) is 0 Å². The lowest BCUT2D eigenvalue weighted by Gasteiger charge is -2.10. The van der Waals surface area contributed by atoms with E-state index in [1.54, 1.807) is 19.1 Å². The normalized spacial score (nSPS) is 10.2. The zero-order valence-electron chi connectivity index (χ0n) is 13.1. The highest BCUT2D eigenvalue weighted by molar-refractivity contribution is 5.96. The maximum atomic E-state index is 13.4. The number of hydrogen-bond donors (Lipinski definition) is 1. The highest BCUT2D eigenvalue weighted by Crippen LogP contribution is 2.19. The van der Waals surface area contributed by atoms with Crippen LogP contribution < -0.4 is 10.1 Å². The number of para-hydroxylation sites is 1. The van der Waals surface area contributed by atoms with E-state index in [0.717, 1.165) is 12.1 Å². The summed E-state index contributed by atoms with van der Waals surface area (Å²) in [5, 5.41) is 2.03. The molecule has 24 heavy (non-hydrogen) atoms. The number of methoxy groups -OCH3 is 1. The monoisotopic (exact) mass is 335 g/mol. The molecule has 2 rings (SSSR count). The van der Waals surface area contributed by atoms with E-state index in [0.29, 0.717) is 11.3 Å². The number of rotatable bonds is 5. The molecule has 5 nitrogen and oxygen atoms in total. The van der Waals surface area contributed by atoms with E-state index in [4.69, 9.17) is 9.47 Å². The summed E-state index contributed by atoms with van der Waals surface area (Å²) < 4.78 is 36.7. The Labute approximate surface area is 137 Å². The van der Waals surface area contributed by atoms with Gasteiger partial charge in [-0.25, -0.2) is 13.6 Å². The lowest BCUT2D eigenvalue weighted by molar-refractivity contribution is -0.119. The van der Waals surface area contributed by atoms with E-state index in [2.05, 4.69) is 0 Å². The molecule has 0 saturated heterocycles. The number of aryl methyl sites for hydroxylation is 1. The van der Waals surface area contributed by atoms with Crippen LogP contribution in [0.2, 0.25) is 0 Å². The van der Waals surface area contributed by atoms with Crippen molar-refractivity contribution in [3.8, 4) is 5.75 Å². The number of amides is 1. The van der Waals surface area contributed by atoms with Crippen LogP contribution >= 0.6 is 0 Å². The van der Waals surface area contributed by atoms with Crippen LogP contribution in [0.15, 0.2) is 36.4 Å². The Morgan fingerprint density at radius 2 is 1.79 bits per heavy atom. The van der Waals surface area contributed by atoms with Crippen LogP contribution in [0.25, 0.3) is 0 Å². The van der Waals surface area contributed by atoms with Crippen LogP contribution in [0.3, 0.4) is 0 Å². The Bertz CT molecular complexity index is 757. The second-order valence-electron chi connectivity index (χ2n) is 4.90. The summed E-state index contributed by atoms with van der Waals surface area (Å²) in [4.78, 5) is 23.7. The summed E-state index contributed by atoms with van der Waals surface area (Å²) in [6.45, 7) is 1.02. The first-order chi connectivity index (χ1) is 11.4. The highest BCUT2D eigenvalue weighted by atomic mass is 19.1. The Balaban J connectivity index is 1.98. The van der Waals surface area contributed by atoms with Crippen LogP contribution in [-0.4, -0.2) is 25.6 Å². The van der Waals surface area contributed by atoms with Gasteiger partial charge in [0.05, 0.1) is 12.7 Å². The lowest BCUT2D eigenvalue weighted by atomic mass is 10.1. The van der Waals surface area contributed by atoms with E-state index in [9.17, 15) is 18.4 Å². The summed E-state index contributed by atoms with van der Waals surface area (Å²) in [7, 11) is 1.50. The minimum atomic E-state index is -0.916. The molecule has 1 amide bonds. The molecule has 0 unspecified atom stereocenters. The van der Waals surface area contributed by atoms with Gasteiger partial charge in [0.25, 0.3) is 5.91 Å². The fourth-order valence-electron chi connectivity index (χ4n) is 1.99. The van der Waals surface area contributed by atoms with Crippen molar-refractivity contribution < 1.29 is 27.8 Å². The topological polar surface area (TPSA) is 64.6 Å². The van der Waals surface area contributed by atoms with Crippen LogP contribution in [0.4, 0.5) is 14.5 Å². The molecule has 0 aliphatic carbocycles. The van der Waals surface area contributed by atoms with Gasteiger partial charge in [-0.1, -0.05) is 6.07 Å². The smallest absolute Gasteiger partial charge is 0.338 e. The van der Waals surface area contributed by atoms with Crippen molar-refractivity contribution in [2.75, 3.05) is 19.0 Å². The molecule has 0 aromatic heterocycles. The van der Waals surface area contributed by atoms with Crippen molar-refractivity contribution in [2.24, 2.45) is 0 Å². The predicted molar refractivity (Wildman–Crippen MR) is 83.0 cm³/mol. The van der Waals surface area contributed by atoms with Gasteiger partial charge < -0.3 is 14.8 Å². The molecule has 2 aromatic rings. The Kier molecular flexibility index (Phi) is 5.47. The number of nitrogens with one attached hydrogen (secondary N) is 1. The molecular weight excluding hydrogens is 320 g/mol. The Morgan fingerprint density at radius 3 is 2.38 bits per heavy atom. The molecule has 0 heterocycles. The third-order valence-electron chi connectivity index (χ3n) is 3.22. The van der Waals surface area contributed by atoms with Crippen molar-refractivity contribution in [3.63, 3.8) is 0 Å². The van der Waals surface area contributed by atoms with Gasteiger partial charge in [0.2, 0.25) is 0 Å². The number of carbonyl (C=O) groups excluding carboxylic acids is 2. The van der Waals surface area contributed by atoms with E-state index < -0.39 is 35.8 Å². The van der Waals surface area contributed by atoms with Crippen molar-refractivity contribution >= 4 is 17.6 Å². The van der Waals surface area contributed by atoms with Crippen LogP contribution in [0.5, 0.6) is 5.75 Å². The zero-order valence-corrected chi connectivity index (χ0v) is 13.1. The summed E-state index contributed by atoms with van der Waals surface area (Å²) in [5.41, 5.74) is 0.291. The Hall–Kier alpha value is -2.96. The van der Waals surface area contributed by atoms with Crippen molar-refractivity contribution in [2.45, 2.75) is 6.92 Å². The number of carbonyl (C=O) groups is 2. The largest absolute Gasteiger partial charge is 0.497 e. The minimum Gasteiger partial charge on any atom is -0.497 e. The van der Waals surface area contributed by atoms with E-state index >= 15 is 0 Å². The highest BCUT2D eigenvalue weighted by Gasteiger charge is 2.16.